The molecule has 2 aromatic heterocycles. The van der Waals surface area contributed by atoms with Gasteiger partial charge < -0.3 is 15.6 Å². The van der Waals surface area contributed by atoms with Gasteiger partial charge in [-0.2, -0.15) is 13.2 Å². The quantitative estimate of drug-likeness (QED) is 0.279. The molecule has 0 spiro atoms. The monoisotopic (exact) mass is 510 g/mol. The van der Waals surface area contributed by atoms with Crippen LogP contribution in [0.25, 0.3) is 11.0 Å². The average Bonchev–Trinajstić information content (AvgIpc) is 3.23. The number of hydrogen-bond acceptors (Lipinski definition) is 4. The number of aromatic nitrogens is 3. The third-order valence-electron chi connectivity index (χ3n) is 3.57. The second-order valence-corrected chi connectivity index (χ2v) is 6.37. The van der Waals surface area contributed by atoms with Gasteiger partial charge in [0.15, 0.2) is 11.7 Å². The number of fused-ring (bicyclic) bond motifs is 1. The smallest absolute Gasteiger partial charge is 0.356 e. The lowest BCUT2D eigenvalue weighted by Gasteiger charge is -2.10. The lowest BCUT2D eigenvalue weighted by molar-refractivity contribution is -0.140. The van der Waals surface area contributed by atoms with Gasteiger partial charge in [-0.1, -0.05) is 12.1 Å². The molecule has 0 aliphatic heterocycles. The Balaban J connectivity index is 0.00000261. The minimum Gasteiger partial charge on any atom is -0.356 e. The molecule has 0 saturated heterocycles. The molecule has 3 N–H and O–H groups in total. The summed E-state index contributed by atoms with van der Waals surface area (Å²) < 4.78 is 37.6. The molecule has 0 radical (unpaired) electrons. The SMILES string of the molecule is CN=C(NCCc1nc2ccccc2[nH]1)NCc1nc(C(F)(F)F)cs1.I. The van der Waals surface area contributed by atoms with Gasteiger partial charge >= 0.3 is 6.18 Å². The molecule has 1 aromatic carbocycles. The van der Waals surface area contributed by atoms with Crippen LogP contribution in [0.3, 0.4) is 0 Å². The molecule has 0 fully saturated rings. The van der Waals surface area contributed by atoms with E-state index < -0.39 is 11.9 Å². The Hall–Kier alpha value is -1.89. The number of benzene rings is 1. The van der Waals surface area contributed by atoms with Gasteiger partial charge in [-0.3, -0.25) is 4.99 Å². The van der Waals surface area contributed by atoms with E-state index in [1.165, 1.54) is 0 Å². The van der Waals surface area contributed by atoms with Gasteiger partial charge in [-0.05, 0) is 12.1 Å². The predicted molar refractivity (Wildman–Crippen MR) is 111 cm³/mol. The van der Waals surface area contributed by atoms with Crippen LogP contribution in [0.5, 0.6) is 0 Å². The number of halogens is 4. The molecule has 0 aliphatic carbocycles. The highest BCUT2D eigenvalue weighted by Crippen LogP contribution is 2.29. The topological polar surface area (TPSA) is 78.0 Å². The van der Waals surface area contributed by atoms with Crippen LogP contribution in [0.15, 0.2) is 34.6 Å². The maximum absolute atomic E-state index is 12.5. The maximum Gasteiger partial charge on any atom is 0.434 e. The highest BCUT2D eigenvalue weighted by atomic mass is 127. The van der Waals surface area contributed by atoms with Gasteiger partial charge in [-0.15, -0.1) is 35.3 Å². The Bertz CT molecular complexity index is 872. The fourth-order valence-corrected chi connectivity index (χ4v) is 3.07. The number of rotatable bonds is 5. The Labute approximate surface area is 174 Å². The second kappa shape index (κ2) is 9.35. The Morgan fingerprint density at radius 3 is 2.67 bits per heavy atom. The molecule has 0 saturated carbocycles. The molecule has 27 heavy (non-hydrogen) atoms. The first-order valence-corrected chi connectivity index (χ1v) is 8.73. The van der Waals surface area contributed by atoms with Crippen LogP contribution < -0.4 is 10.6 Å². The zero-order valence-electron chi connectivity index (χ0n) is 14.3. The summed E-state index contributed by atoms with van der Waals surface area (Å²) in [5.41, 5.74) is 1.02. The van der Waals surface area contributed by atoms with Crippen molar-refractivity contribution in [2.75, 3.05) is 13.6 Å². The first-order chi connectivity index (χ1) is 12.5. The van der Waals surface area contributed by atoms with Crippen LogP contribution in [0.1, 0.15) is 16.5 Å². The summed E-state index contributed by atoms with van der Waals surface area (Å²) in [6.45, 7) is 0.746. The number of H-pyrrole nitrogens is 1. The summed E-state index contributed by atoms with van der Waals surface area (Å²) in [7, 11) is 1.60. The number of hydrogen-bond donors (Lipinski definition) is 3. The minimum atomic E-state index is -4.42. The number of imidazole rings is 1. The average molecular weight is 510 g/mol. The molecule has 2 heterocycles. The van der Waals surface area contributed by atoms with Crippen LogP contribution >= 0.6 is 35.3 Å². The van der Waals surface area contributed by atoms with E-state index in [4.69, 9.17) is 0 Å². The molecular weight excluding hydrogens is 492 g/mol. The van der Waals surface area contributed by atoms with E-state index in [2.05, 4.69) is 30.6 Å². The van der Waals surface area contributed by atoms with Crippen molar-refractivity contribution < 1.29 is 13.2 Å². The van der Waals surface area contributed by atoms with E-state index in [1.54, 1.807) is 7.05 Å². The van der Waals surface area contributed by atoms with E-state index in [9.17, 15) is 13.2 Å². The number of nitrogens with zero attached hydrogens (tertiary/aromatic N) is 3. The minimum absolute atomic E-state index is 0. The molecule has 6 nitrogen and oxygen atoms in total. The Morgan fingerprint density at radius 2 is 2.00 bits per heavy atom. The molecule has 0 amide bonds. The van der Waals surface area contributed by atoms with Crippen LogP contribution in [0.4, 0.5) is 13.2 Å². The predicted octanol–water partition coefficient (Wildman–Crippen LogP) is 3.56. The van der Waals surface area contributed by atoms with Crippen molar-refractivity contribution in [1.82, 2.24) is 25.6 Å². The van der Waals surface area contributed by atoms with Gasteiger partial charge in [-0.25, -0.2) is 9.97 Å². The first kappa shape index (κ1) is 21.4. The molecule has 11 heteroatoms. The van der Waals surface area contributed by atoms with Gasteiger partial charge in [0.2, 0.25) is 0 Å². The third kappa shape index (κ3) is 5.79. The van der Waals surface area contributed by atoms with Crippen molar-refractivity contribution in [3.63, 3.8) is 0 Å². The summed E-state index contributed by atoms with van der Waals surface area (Å²) in [5, 5.41) is 7.41. The van der Waals surface area contributed by atoms with Crippen LogP contribution in [-0.2, 0) is 19.1 Å². The van der Waals surface area contributed by atoms with Crippen molar-refractivity contribution in [1.29, 1.82) is 0 Å². The normalized spacial score (nSPS) is 12.1. The number of guanidine groups is 1. The highest BCUT2D eigenvalue weighted by molar-refractivity contribution is 14.0. The van der Waals surface area contributed by atoms with Gasteiger partial charge in [0.05, 0.1) is 17.6 Å². The number of aromatic amines is 1. The zero-order chi connectivity index (χ0) is 18.6. The van der Waals surface area contributed by atoms with Gasteiger partial charge in [0.25, 0.3) is 0 Å². The van der Waals surface area contributed by atoms with Gasteiger partial charge in [0.1, 0.15) is 10.8 Å². The number of para-hydroxylation sites is 2. The summed E-state index contributed by atoms with van der Waals surface area (Å²) in [5.74, 6) is 1.34. The van der Waals surface area contributed by atoms with Crippen molar-refractivity contribution in [2.45, 2.75) is 19.1 Å². The van der Waals surface area contributed by atoms with E-state index in [1.807, 2.05) is 24.3 Å². The van der Waals surface area contributed by atoms with Crippen molar-refractivity contribution in [2.24, 2.45) is 4.99 Å². The number of nitrogens with one attached hydrogen (secondary N) is 3. The summed E-state index contributed by atoms with van der Waals surface area (Å²) in [4.78, 5) is 15.3. The molecule has 3 aromatic rings. The first-order valence-electron chi connectivity index (χ1n) is 7.85. The van der Waals surface area contributed by atoms with E-state index in [0.29, 0.717) is 23.9 Å². The number of alkyl halides is 3. The lowest BCUT2D eigenvalue weighted by atomic mass is 10.3. The molecule has 0 unspecified atom stereocenters. The van der Waals surface area contributed by atoms with Crippen LogP contribution in [0, 0.1) is 0 Å². The fraction of sp³-hybridized carbons (Fsp3) is 0.312. The van der Waals surface area contributed by atoms with Crippen LogP contribution in [0.2, 0.25) is 0 Å². The molecule has 0 atom stereocenters. The lowest BCUT2D eigenvalue weighted by Crippen LogP contribution is -2.37. The summed E-state index contributed by atoms with van der Waals surface area (Å²) in [6, 6.07) is 7.77. The Kier molecular flexibility index (Phi) is 7.41. The Morgan fingerprint density at radius 1 is 1.22 bits per heavy atom. The highest BCUT2D eigenvalue weighted by Gasteiger charge is 2.33. The van der Waals surface area contributed by atoms with Crippen molar-refractivity contribution in [3.05, 3.63) is 46.2 Å². The molecule has 0 aliphatic rings. The molecule has 3 rings (SSSR count). The van der Waals surface area contributed by atoms with Crippen molar-refractivity contribution >= 4 is 52.3 Å². The standard InChI is InChI=1S/C16H17F3N6S.HI/c1-20-15(22-8-14-25-12(9-26-14)16(17,18)19)21-7-6-13-23-10-4-2-3-5-11(10)24-13;/h2-5,9H,6-8H2,1H3,(H,23,24)(H2,20,21,22);1H. The number of aliphatic imine (C=N–C) groups is 1. The molecule has 0 bridgehead atoms. The number of thiazole rings is 1. The van der Waals surface area contributed by atoms with E-state index in [0.717, 1.165) is 33.6 Å². The van der Waals surface area contributed by atoms with Crippen molar-refractivity contribution in [3.8, 4) is 0 Å². The summed E-state index contributed by atoms with van der Waals surface area (Å²) in [6.07, 6.45) is -3.76. The van der Waals surface area contributed by atoms with E-state index in [-0.39, 0.29) is 30.5 Å². The van der Waals surface area contributed by atoms with Gasteiger partial charge in [0, 0.05) is 25.4 Å². The maximum atomic E-state index is 12.5. The second-order valence-electron chi connectivity index (χ2n) is 5.43. The van der Waals surface area contributed by atoms with Crippen LogP contribution in [-0.4, -0.2) is 34.5 Å². The zero-order valence-corrected chi connectivity index (χ0v) is 17.4. The summed E-state index contributed by atoms with van der Waals surface area (Å²) >= 11 is 0.961. The van der Waals surface area contributed by atoms with E-state index >= 15 is 0 Å². The molecular formula is C16H18F3IN6S. The largest absolute Gasteiger partial charge is 0.434 e. The fourth-order valence-electron chi connectivity index (χ4n) is 2.33. The third-order valence-corrected chi connectivity index (χ3v) is 4.41. The molecule has 146 valence electrons.